The topological polar surface area (TPSA) is 101 Å². The highest BCUT2D eigenvalue weighted by Gasteiger charge is 2.42. The molecule has 1 aliphatic heterocycles. The van der Waals surface area contributed by atoms with Crippen molar-refractivity contribution >= 4 is 17.5 Å². The smallest absolute Gasteiger partial charge is 0.329 e. The van der Waals surface area contributed by atoms with Crippen LogP contribution in [0.5, 0.6) is 0 Å². The molecule has 2 aliphatic carbocycles. The summed E-state index contributed by atoms with van der Waals surface area (Å²) in [6.45, 7) is 3.72. The summed E-state index contributed by atoms with van der Waals surface area (Å²) in [5.41, 5.74) is 5.44. The molecule has 1 saturated heterocycles. The Hall–Kier alpha value is -1.96. The van der Waals surface area contributed by atoms with Gasteiger partial charge in [0.15, 0.2) is 0 Å². The van der Waals surface area contributed by atoms with Crippen molar-refractivity contribution in [1.29, 1.82) is 0 Å². The van der Waals surface area contributed by atoms with Crippen molar-refractivity contribution in [2.24, 2.45) is 11.8 Å². The number of hydrogen-bond donors (Lipinski definition) is 1. The van der Waals surface area contributed by atoms with Gasteiger partial charge in [-0.15, -0.1) is 0 Å². The lowest BCUT2D eigenvalue weighted by atomic mass is 9.93. The summed E-state index contributed by atoms with van der Waals surface area (Å²) in [5.74, 6) is 2.30. The molecule has 3 fully saturated rings. The normalized spacial score (nSPS) is 30.8. The van der Waals surface area contributed by atoms with E-state index in [0.29, 0.717) is 5.95 Å². The van der Waals surface area contributed by atoms with Crippen LogP contribution >= 0.6 is 0 Å². The molecule has 124 valence electrons. The molecule has 0 unspecified atom stereocenters. The number of hydrogen-bond acceptors (Lipinski definition) is 7. The van der Waals surface area contributed by atoms with E-state index < -0.39 is 4.92 Å². The molecule has 2 heterocycles. The molecule has 23 heavy (non-hydrogen) atoms. The highest BCUT2D eigenvalue weighted by atomic mass is 16.6. The van der Waals surface area contributed by atoms with Crippen LogP contribution in [0.25, 0.3) is 0 Å². The second-order valence-electron chi connectivity index (χ2n) is 6.96. The van der Waals surface area contributed by atoms with E-state index in [1.807, 2.05) is 0 Å². The number of fused-ring (bicyclic) bond motifs is 2. The molecule has 1 aromatic rings. The van der Waals surface area contributed by atoms with Crippen molar-refractivity contribution in [3.05, 3.63) is 16.3 Å². The maximum Gasteiger partial charge on any atom is 0.329 e. The molecular weight excluding hydrogens is 296 g/mol. The van der Waals surface area contributed by atoms with E-state index in [0.717, 1.165) is 44.1 Å². The van der Waals surface area contributed by atoms with Crippen molar-refractivity contribution in [3.8, 4) is 0 Å². The highest BCUT2D eigenvalue weighted by molar-refractivity contribution is 5.53. The Balaban J connectivity index is 1.40. The van der Waals surface area contributed by atoms with Gasteiger partial charge in [-0.05, 0) is 31.1 Å². The van der Waals surface area contributed by atoms with Crippen LogP contribution in [0.3, 0.4) is 0 Å². The van der Waals surface area contributed by atoms with E-state index in [-0.39, 0.29) is 11.5 Å². The zero-order valence-corrected chi connectivity index (χ0v) is 13.1. The van der Waals surface area contributed by atoms with Crippen molar-refractivity contribution in [3.63, 3.8) is 0 Å². The Bertz CT molecular complexity index is 616. The van der Waals surface area contributed by atoms with Gasteiger partial charge in [-0.1, -0.05) is 6.42 Å². The number of nitrogens with zero attached hydrogens (tertiary/aromatic N) is 5. The van der Waals surface area contributed by atoms with Crippen LogP contribution in [0.4, 0.5) is 17.5 Å². The molecule has 0 aromatic carbocycles. The van der Waals surface area contributed by atoms with Gasteiger partial charge in [-0.2, -0.15) is 4.98 Å². The lowest BCUT2D eigenvalue weighted by molar-refractivity contribution is -0.384. The van der Waals surface area contributed by atoms with Crippen LogP contribution in [0.1, 0.15) is 25.7 Å². The molecular formula is C15H22N6O2. The number of piperazine rings is 1. The number of nitrogens with two attached hydrogens (primary N) is 1. The Labute approximate surface area is 134 Å². The molecule has 8 nitrogen and oxygen atoms in total. The molecule has 2 N–H and O–H groups in total. The molecule has 8 heteroatoms. The third-order valence-corrected chi connectivity index (χ3v) is 5.75. The molecule has 2 saturated carbocycles. The van der Waals surface area contributed by atoms with Gasteiger partial charge in [-0.3, -0.25) is 15.0 Å². The van der Waals surface area contributed by atoms with Gasteiger partial charge in [0.2, 0.25) is 11.8 Å². The molecule has 1 aromatic heterocycles. The maximum absolute atomic E-state index is 10.8. The molecule has 2 bridgehead atoms. The standard InChI is InChI=1S/C15H22N6O2/c16-14-13(21(22)23)9-17-15(18-14)20-5-3-19(4-6-20)12-8-10-1-2-11(12)7-10/h9-12H,1-8H2,(H2,16,17,18)/t10-,11-,12+/m0/s1. The second kappa shape index (κ2) is 5.59. The zero-order valence-electron chi connectivity index (χ0n) is 13.1. The van der Waals surface area contributed by atoms with Crippen LogP contribution in [0.15, 0.2) is 6.20 Å². The number of aromatic nitrogens is 2. The predicted octanol–water partition coefficient (Wildman–Crippen LogP) is 1.28. The molecule has 4 rings (SSSR count). The molecule has 0 spiro atoms. The first-order valence-electron chi connectivity index (χ1n) is 8.37. The number of anilines is 2. The molecule has 0 amide bonds. The summed E-state index contributed by atoms with van der Waals surface area (Å²) in [6.07, 6.45) is 6.83. The summed E-state index contributed by atoms with van der Waals surface area (Å²) in [4.78, 5) is 23.2. The van der Waals surface area contributed by atoms with Crippen molar-refractivity contribution < 1.29 is 4.92 Å². The average Bonchev–Trinajstić information content (AvgIpc) is 3.17. The number of nitro groups is 1. The minimum atomic E-state index is -0.549. The quantitative estimate of drug-likeness (QED) is 0.661. The van der Waals surface area contributed by atoms with Gasteiger partial charge < -0.3 is 10.6 Å². The van der Waals surface area contributed by atoms with E-state index in [9.17, 15) is 10.1 Å². The summed E-state index contributed by atoms with van der Waals surface area (Å²) >= 11 is 0. The van der Waals surface area contributed by atoms with E-state index in [1.54, 1.807) is 0 Å². The number of rotatable bonds is 3. The van der Waals surface area contributed by atoms with E-state index >= 15 is 0 Å². The van der Waals surface area contributed by atoms with Crippen LogP contribution in [0.2, 0.25) is 0 Å². The van der Waals surface area contributed by atoms with Crippen LogP contribution in [-0.4, -0.2) is 52.0 Å². The third-order valence-electron chi connectivity index (χ3n) is 5.75. The maximum atomic E-state index is 10.8. The minimum Gasteiger partial charge on any atom is -0.378 e. The fourth-order valence-electron chi connectivity index (χ4n) is 4.58. The van der Waals surface area contributed by atoms with E-state index in [4.69, 9.17) is 5.73 Å². The second-order valence-corrected chi connectivity index (χ2v) is 6.96. The van der Waals surface area contributed by atoms with Gasteiger partial charge in [0.25, 0.3) is 0 Å². The SMILES string of the molecule is Nc1nc(N2CCN([C@@H]3C[C@H]4CC[C@H]3C4)CC2)ncc1[N+](=O)[O-]. The lowest BCUT2D eigenvalue weighted by Gasteiger charge is -2.41. The fourth-order valence-corrected chi connectivity index (χ4v) is 4.58. The van der Waals surface area contributed by atoms with Gasteiger partial charge in [0, 0.05) is 32.2 Å². The Morgan fingerprint density at radius 3 is 2.57 bits per heavy atom. The summed E-state index contributed by atoms with van der Waals surface area (Å²) < 4.78 is 0. The minimum absolute atomic E-state index is 0.0597. The van der Waals surface area contributed by atoms with Gasteiger partial charge in [0.1, 0.15) is 6.20 Å². The first-order valence-corrected chi connectivity index (χ1v) is 8.37. The van der Waals surface area contributed by atoms with Crippen LogP contribution in [-0.2, 0) is 0 Å². The third kappa shape index (κ3) is 2.60. The summed E-state index contributed by atoms with van der Waals surface area (Å²) in [6, 6.07) is 0.763. The fraction of sp³-hybridized carbons (Fsp3) is 0.733. The van der Waals surface area contributed by atoms with Crippen molar-refractivity contribution in [2.75, 3.05) is 36.8 Å². The monoisotopic (exact) mass is 318 g/mol. The summed E-state index contributed by atoms with van der Waals surface area (Å²) in [5, 5.41) is 10.8. The van der Waals surface area contributed by atoms with Crippen LogP contribution in [0, 0.1) is 22.0 Å². The van der Waals surface area contributed by atoms with Crippen molar-refractivity contribution in [2.45, 2.75) is 31.7 Å². The van der Waals surface area contributed by atoms with E-state index in [1.165, 1.54) is 31.9 Å². The molecule has 3 aliphatic rings. The highest BCUT2D eigenvalue weighted by Crippen LogP contribution is 2.46. The Morgan fingerprint density at radius 1 is 1.22 bits per heavy atom. The molecule has 0 radical (unpaired) electrons. The number of nitrogen functional groups attached to an aromatic ring is 1. The first kappa shape index (κ1) is 14.6. The first-order chi connectivity index (χ1) is 11.1. The largest absolute Gasteiger partial charge is 0.378 e. The summed E-state index contributed by atoms with van der Waals surface area (Å²) in [7, 11) is 0. The van der Waals surface area contributed by atoms with Gasteiger partial charge >= 0.3 is 5.69 Å². The Kier molecular flexibility index (Phi) is 3.56. The van der Waals surface area contributed by atoms with Gasteiger partial charge in [0.05, 0.1) is 4.92 Å². The predicted molar refractivity (Wildman–Crippen MR) is 86.1 cm³/mol. The molecule has 3 atom stereocenters. The lowest BCUT2D eigenvalue weighted by Crippen LogP contribution is -2.52. The zero-order chi connectivity index (χ0) is 16.0. The van der Waals surface area contributed by atoms with Gasteiger partial charge in [-0.25, -0.2) is 4.98 Å². The van der Waals surface area contributed by atoms with E-state index in [2.05, 4.69) is 19.8 Å². The Morgan fingerprint density at radius 2 is 2.00 bits per heavy atom. The van der Waals surface area contributed by atoms with Crippen molar-refractivity contribution in [1.82, 2.24) is 14.9 Å². The van der Waals surface area contributed by atoms with Crippen LogP contribution < -0.4 is 10.6 Å². The average molecular weight is 318 g/mol.